The van der Waals surface area contributed by atoms with E-state index in [0.717, 1.165) is 31.5 Å². The summed E-state index contributed by atoms with van der Waals surface area (Å²) in [5.74, 6) is 1.00. The average Bonchev–Trinajstić information content (AvgIpc) is 3.07. The Labute approximate surface area is 147 Å². The molecule has 0 spiro atoms. The van der Waals surface area contributed by atoms with Crippen LogP contribution in [-0.4, -0.2) is 47.5 Å². The summed E-state index contributed by atoms with van der Waals surface area (Å²) in [6, 6.07) is 7.17. The molecular weight excluding hydrogens is 326 g/mol. The molecule has 1 aromatic carbocycles. The Hall–Kier alpha value is -1.69. The van der Waals surface area contributed by atoms with Crippen LogP contribution < -0.4 is 4.74 Å². The molecule has 1 amide bonds. The molecule has 3 rings (SSSR count). The number of amides is 1. The first-order valence-electron chi connectivity index (χ1n) is 9.01. The molecule has 2 saturated heterocycles. The van der Waals surface area contributed by atoms with Crippen LogP contribution in [0.15, 0.2) is 24.3 Å². The summed E-state index contributed by atoms with van der Waals surface area (Å²) < 4.78 is 28.8. The van der Waals surface area contributed by atoms with Gasteiger partial charge in [-0.2, -0.15) is 8.78 Å². The van der Waals surface area contributed by atoms with Gasteiger partial charge in [-0.1, -0.05) is 26.0 Å². The number of alkyl halides is 2. The minimum absolute atomic E-state index is 0.144. The van der Waals surface area contributed by atoms with E-state index in [2.05, 4.69) is 23.5 Å². The quantitative estimate of drug-likeness (QED) is 0.753. The Morgan fingerprint density at radius 1 is 1.20 bits per heavy atom. The first-order valence-corrected chi connectivity index (χ1v) is 9.01. The molecule has 0 aromatic heterocycles. The molecule has 25 heavy (non-hydrogen) atoms. The Bertz CT molecular complexity index is 592. The minimum Gasteiger partial charge on any atom is -0.435 e. The summed E-state index contributed by atoms with van der Waals surface area (Å²) in [4.78, 5) is 16.9. The molecule has 0 N–H and O–H groups in total. The molecule has 0 bridgehead atoms. The lowest BCUT2D eigenvalue weighted by Gasteiger charge is -2.26. The fraction of sp³-hybridized carbons (Fsp3) is 0.632. The molecule has 0 aliphatic carbocycles. The number of hydrogen-bond acceptors (Lipinski definition) is 3. The van der Waals surface area contributed by atoms with Gasteiger partial charge in [0.25, 0.3) is 0 Å². The van der Waals surface area contributed by atoms with E-state index < -0.39 is 6.61 Å². The smallest absolute Gasteiger partial charge is 0.387 e. The lowest BCUT2D eigenvalue weighted by atomic mass is 10.1. The molecule has 2 atom stereocenters. The molecule has 2 fully saturated rings. The molecule has 138 valence electrons. The van der Waals surface area contributed by atoms with Crippen molar-refractivity contribution in [2.45, 2.75) is 58.3 Å². The fourth-order valence-electron chi connectivity index (χ4n) is 3.89. The highest BCUT2D eigenvalue weighted by Crippen LogP contribution is 2.34. The molecule has 6 heteroatoms. The highest BCUT2D eigenvalue weighted by Gasteiger charge is 2.46. The first kappa shape index (κ1) is 18.1. The van der Waals surface area contributed by atoms with Crippen molar-refractivity contribution < 1.29 is 18.3 Å². The van der Waals surface area contributed by atoms with Crippen LogP contribution in [0.4, 0.5) is 8.78 Å². The van der Waals surface area contributed by atoms with Gasteiger partial charge in [-0.15, -0.1) is 0 Å². The Morgan fingerprint density at radius 3 is 2.56 bits per heavy atom. The number of benzene rings is 1. The number of rotatable bonds is 7. The predicted molar refractivity (Wildman–Crippen MR) is 91.5 cm³/mol. The number of carbonyl (C=O) groups excluding carboxylic acids is 1. The van der Waals surface area contributed by atoms with Gasteiger partial charge in [-0.05, 0) is 43.0 Å². The van der Waals surface area contributed by atoms with Crippen LogP contribution in [0.1, 0.15) is 38.7 Å². The van der Waals surface area contributed by atoms with Crippen LogP contribution in [0, 0.1) is 5.92 Å². The fourth-order valence-corrected chi connectivity index (χ4v) is 3.89. The highest BCUT2D eigenvalue weighted by molar-refractivity contribution is 5.80. The van der Waals surface area contributed by atoms with E-state index in [1.165, 1.54) is 12.1 Å². The van der Waals surface area contributed by atoms with Gasteiger partial charge in [-0.3, -0.25) is 9.69 Å². The van der Waals surface area contributed by atoms with Crippen molar-refractivity contribution in [2.75, 3.05) is 13.1 Å². The Kier molecular flexibility index (Phi) is 5.57. The number of halogens is 2. The molecule has 2 aliphatic rings. The third kappa shape index (κ3) is 4.29. The maximum absolute atomic E-state index is 12.5. The minimum atomic E-state index is -2.82. The number of fused-ring (bicyclic) bond motifs is 1. The largest absolute Gasteiger partial charge is 0.435 e. The first-order chi connectivity index (χ1) is 11.9. The van der Waals surface area contributed by atoms with E-state index in [-0.39, 0.29) is 17.7 Å². The second-order valence-electron chi connectivity index (χ2n) is 7.39. The van der Waals surface area contributed by atoms with E-state index in [1.54, 1.807) is 12.1 Å². The predicted octanol–water partition coefficient (Wildman–Crippen LogP) is 3.51. The number of hydrogen-bond donors (Lipinski definition) is 0. The molecule has 0 radical (unpaired) electrons. The van der Waals surface area contributed by atoms with Crippen molar-refractivity contribution in [2.24, 2.45) is 5.92 Å². The zero-order chi connectivity index (χ0) is 18.0. The van der Waals surface area contributed by atoms with Crippen molar-refractivity contribution in [3.8, 4) is 5.75 Å². The molecule has 0 unspecified atom stereocenters. The van der Waals surface area contributed by atoms with Gasteiger partial charge in [0.2, 0.25) is 5.91 Å². The summed E-state index contributed by atoms with van der Waals surface area (Å²) in [5, 5.41) is 0. The summed E-state index contributed by atoms with van der Waals surface area (Å²) in [6.45, 7) is 4.27. The third-order valence-electron chi connectivity index (χ3n) is 5.22. The average molecular weight is 352 g/mol. The molecular formula is C19H26F2N2O2. The standard InChI is InChI=1S/C19H26F2N2O2/c1-13(2)7-9-22-10-8-16-17(22)11-18(24)23(16)12-14-3-5-15(6-4-14)25-19(20)21/h3-6,13,16-17,19H,7-12H2,1-2H3/t16-,17-/m0/s1. The maximum atomic E-state index is 12.5. The van der Waals surface area contributed by atoms with Gasteiger partial charge in [0.1, 0.15) is 5.75 Å². The van der Waals surface area contributed by atoms with Crippen molar-refractivity contribution in [3.05, 3.63) is 29.8 Å². The second-order valence-corrected chi connectivity index (χ2v) is 7.39. The summed E-state index contributed by atoms with van der Waals surface area (Å²) in [5.41, 5.74) is 0.941. The van der Waals surface area contributed by atoms with Gasteiger partial charge in [0.05, 0.1) is 0 Å². The number of nitrogens with zero attached hydrogens (tertiary/aromatic N) is 2. The van der Waals surface area contributed by atoms with Gasteiger partial charge < -0.3 is 9.64 Å². The summed E-state index contributed by atoms with van der Waals surface area (Å²) in [7, 11) is 0. The molecule has 2 aliphatic heterocycles. The SMILES string of the molecule is CC(C)CCN1CC[C@H]2[C@@H]1CC(=O)N2Cc1ccc(OC(F)F)cc1. The van der Waals surface area contributed by atoms with Gasteiger partial charge in [0, 0.05) is 31.6 Å². The van der Waals surface area contributed by atoms with Gasteiger partial charge in [0.15, 0.2) is 0 Å². The number of ether oxygens (including phenoxy) is 1. The van der Waals surface area contributed by atoms with Crippen molar-refractivity contribution in [1.82, 2.24) is 9.80 Å². The normalized spacial score (nSPS) is 23.8. The number of likely N-dealkylation sites (tertiary alicyclic amines) is 2. The molecule has 0 saturated carbocycles. The van der Waals surface area contributed by atoms with Crippen LogP contribution in [0.2, 0.25) is 0 Å². The van der Waals surface area contributed by atoms with E-state index >= 15 is 0 Å². The van der Waals surface area contributed by atoms with Crippen molar-refractivity contribution >= 4 is 5.91 Å². The van der Waals surface area contributed by atoms with Crippen molar-refractivity contribution in [3.63, 3.8) is 0 Å². The molecule has 2 heterocycles. The molecule has 1 aromatic rings. The lowest BCUT2D eigenvalue weighted by molar-refractivity contribution is -0.129. The lowest BCUT2D eigenvalue weighted by Crippen LogP contribution is -2.37. The van der Waals surface area contributed by atoms with Crippen LogP contribution >= 0.6 is 0 Å². The van der Waals surface area contributed by atoms with E-state index in [0.29, 0.717) is 24.9 Å². The maximum Gasteiger partial charge on any atom is 0.387 e. The van der Waals surface area contributed by atoms with E-state index in [4.69, 9.17) is 0 Å². The molecule has 4 nitrogen and oxygen atoms in total. The second kappa shape index (κ2) is 7.68. The zero-order valence-corrected chi connectivity index (χ0v) is 14.8. The highest BCUT2D eigenvalue weighted by atomic mass is 19.3. The topological polar surface area (TPSA) is 32.8 Å². The van der Waals surface area contributed by atoms with Crippen LogP contribution in [0.3, 0.4) is 0 Å². The van der Waals surface area contributed by atoms with Crippen LogP contribution in [0.25, 0.3) is 0 Å². The number of carbonyl (C=O) groups is 1. The van der Waals surface area contributed by atoms with Gasteiger partial charge >= 0.3 is 6.61 Å². The summed E-state index contributed by atoms with van der Waals surface area (Å²) in [6.07, 6.45) is 2.76. The van der Waals surface area contributed by atoms with Crippen LogP contribution in [-0.2, 0) is 11.3 Å². The van der Waals surface area contributed by atoms with Crippen molar-refractivity contribution in [1.29, 1.82) is 0 Å². The summed E-state index contributed by atoms with van der Waals surface area (Å²) >= 11 is 0. The zero-order valence-electron chi connectivity index (χ0n) is 14.8. The third-order valence-corrected chi connectivity index (χ3v) is 5.22. The monoisotopic (exact) mass is 352 g/mol. The Morgan fingerprint density at radius 2 is 1.92 bits per heavy atom. The van der Waals surface area contributed by atoms with E-state index in [1.807, 2.05) is 4.90 Å². The Balaban J connectivity index is 1.61. The van der Waals surface area contributed by atoms with Crippen LogP contribution in [0.5, 0.6) is 5.75 Å². The van der Waals surface area contributed by atoms with E-state index in [9.17, 15) is 13.6 Å². The van der Waals surface area contributed by atoms with Gasteiger partial charge in [-0.25, -0.2) is 0 Å².